The van der Waals surface area contributed by atoms with Gasteiger partial charge in [-0.1, -0.05) is 35.9 Å². The number of hydrogen-bond donors (Lipinski definition) is 2. The highest BCUT2D eigenvalue weighted by atomic mass is 35.5. The van der Waals surface area contributed by atoms with Gasteiger partial charge in [-0.3, -0.25) is 4.79 Å². The number of halogens is 1. The number of anilines is 1. The molecule has 0 saturated heterocycles. The number of amides is 1. The lowest BCUT2D eigenvalue weighted by Crippen LogP contribution is -2.23. The molecule has 0 aliphatic rings. The van der Waals surface area contributed by atoms with Gasteiger partial charge in [0, 0.05) is 11.3 Å². The van der Waals surface area contributed by atoms with E-state index < -0.39 is 15.9 Å². The van der Waals surface area contributed by atoms with E-state index >= 15 is 0 Å². The molecule has 0 radical (unpaired) electrons. The summed E-state index contributed by atoms with van der Waals surface area (Å²) in [5, 5.41) is 3.87. The van der Waals surface area contributed by atoms with E-state index in [-0.39, 0.29) is 11.4 Å². The zero-order chi connectivity index (χ0) is 21.8. The number of furan rings is 1. The lowest BCUT2D eigenvalue weighted by atomic mass is 10.2. The number of carbonyl (C=O) groups excluding carboxylic acids is 1. The van der Waals surface area contributed by atoms with Crippen LogP contribution in [0.1, 0.15) is 15.4 Å². The van der Waals surface area contributed by atoms with Crippen molar-refractivity contribution in [2.75, 3.05) is 5.32 Å². The van der Waals surface area contributed by atoms with Gasteiger partial charge in [-0.2, -0.15) is 0 Å². The number of nitrogens with one attached hydrogen (secondary N) is 2. The van der Waals surface area contributed by atoms with Crippen molar-refractivity contribution in [3.8, 4) is 10.6 Å². The summed E-state index contributed by atoms with van der Waals surface area (Å²) in [6.45, 7) is 0.0254. The molecule has 0 spiro atoms. The van der Waals surface area contributed by atoms with Gasteiger partial charge in [-0.15, -0.1) is 11.3 Å². The van der Waals surface area contributed by atoms with E-state index in [0.717, 1.165) is 5.56 Å². The van der Waals surface area contributed by atoms with Crippen LogP contribution in [0.4, 0.5) is 5.69 Å². The number of aromatic nitrogens is 1. The first-order valence-corrected chi connectivity index (χ1v) is 11.7. The van der Waals surface area contributed by atoms with E-state index in [1.165, 1.54) is 35.9 Å². The highest BCUT2D eigenvalue weighted by Crippen LogP contribution is 2.31. The molecule has 2 aromatic heterocycles. The van der Waals surface area contributed by atoms with Crippen LogP contribution in [0.5, 0.6) is 0 Å². The molecule has 4 aromatic rings. The summed E-state index contributed by atoms with van der Waals surface area (Å²) in [6, 6.07) is 16.6. The van der Waals surface area contributed by atoms with Gasteiger partial charge >= 0.3 is 0 Å². The molecule has 0 bridgehead atoms. The van der Waals surface area contributed by atoms with Gasteiger partial charge in [0.15, 0.2) is 0 Å². The molecule has 7 nitrogen and oxygen atoms in total. The lowest BCUT2D eigenvalue weighted by Gasteiger charge is -2.08. The van der Waals surface area contributed by atoms with Crippen molar-refractivity contribution < 1.29 is 17.6 Å². The van der Waals surface area contributed by atoms with Gasteiger partial charge < -0.3 is 9.73 Å². The smallest absolute Gasteiger partial charge is 0.267 e. The van der Waals surface area contributed by atoms with Crippen molar-refractivity contribution in [3.63, 3.8) is 0 Å². The third kappa shape index (κ3) is 5.02. The van der Waals surface area contributed by atoms with Crippen LogP contribution in [0.3, 0.4) is 0 Å². The fourth-order valence-electron chi connectivity index (χ4n) is 2.73. The van der Waals surface area contributed by atoms with E-state index in [4.69, 9.17) is 16.0 Å². The molecule has 158 valence electrons. The third-order valence-corrected chi connectivity index (χ3v) is 7.01. The zero-order valence-electron chi connectivity index (χ0n) is 15.9. The van der Waals surface area contributed by atoms with Crippen LogP contribution in [0, 0.1) is 0 Å². The SMILES string of the molecule is O=C(Nc1cccc(S(=O)(=O)NCc2ccco2)c1)c1cnc(-c2ccccc2Cl)s1. The normalized spacial score (nSPS) is 11.4. The number of rotatable bonds is 7. The van der Waals surface area contributed by atoms with Crippen molar-refractivity contribution in [1.82, 2.24) is 9.71 Å². The molecule has 2 N–H and O–H groups in total. The Bertz CT molecular complexity index is 1320. The van der Waals surface area contributed by atoms with Gasteiger partial charge in [0.25, 0.3) is 5.91 Å². The molecule has 2 aromatic carbocycles. The molecule has 0 aliphatic carbocycles. The van der Waals surface area contributed by atoms with Crippen molar-refractivity contribution in [3.05, 3.63) is 88.8 Å². The lowest BCUT2D eigenvalue weighted by molar-refractivity contribution is 0.103. The second-order valence-corrected chi connectivity index (χ2v) is 9.60. The van der Waals surface area contributed by atoms with Gasteiger partial charge in [0.05, 0.1) is 28.9 Å². The summed E-state index contributed by atoms with van der Waals surface area (Å²) in [6.07, 6.45) is 2.93. The first kappa shape index (κ1) is 21.3. The standard InChI is InChI=1S/C21H16ClN3O4S2/c22-18-9-2-1-8-17(18)21-23-13-19(30-21)20(26)25-14-5-3-7-16(11-14)31(27,28)24-12-15-6-4-10-29-15/h1-11,13,24H,12H2,(H,25,26). The van der Waals surface area contributed by atoms with E-state index in [1.54, 1.807) is 30.3 Å². The van der Waals surface area contributed by atoms with Crippen molar-refractivity contribution in [2.45, 2.75) is 11.4 Å². The maximum absolute atomic E-state index is 12.6. The quantitative estimate of drug-likeness (QED) is 0.402. The molecule has 31 heavy (non-hydrogen) atoms. The number of hydrogen-bond acceptors (Lipinski definition) is 6. The number of benzene rings is 2. The fraction of sp³-hybridized carbons (Fsp3) is 0.0476. The zero-order valence-corrected chi connectivity index (χ0v) is 18.3. The maximum atomic E-state index is 12.6. The van der Waals surface area contributed by atoms with E-state index in [1.807, 2.05) is 18.2 Å². The number of nitrogens with zero attached hydrogens (tertiary/aromatic N) is 1. The molecular formula is C21H16ClN3O4S2. The Labute approximate surface area is 187 Å². The molecule has 0 saturated carbocycles. The minimum absolute atomic E-state index is 0.0254. The van der Waals surface area contributed by atoms with E-state index in [2.05, 4.69) is 15.0 Å². The van der Waals surface area contributed by atoms with Crippen LogP contribution >= 0.6 is 22.9 Å². The maximum Gasteiger partial charge on any atom is 0.267 e. The minimum Gasteiger partial charge on any atom is -0.468 e. The molecule has 0 unspecified atom stereocenters. The highest BCUT2D eigenvalue weighted by Gasteiger charge is 2.17. The summed E-state index contributed by atoms with van der Waals surface area (Å²) in [7, 11) is -3.78. The summed E-state index contributed by atoms with van der Waals surface area (Å²) in [5.74, 6) is 0.0986. The Kier molecular flexibility index (Phi) is 6.19. The predicted molar refractivity (Wildman–Crippen MR) is 120 cm³/mol. The molecule has 0 fully saturated rings. The van der Waals surface area contributed by atoms with Gasteiger partial charge in [0.1, 0.15) is 15.6 Å². The Morgan fingerprint density at radius 1 is 1.10 bits per heavy atom. The van der Waals surface area contributed by atoms with Crippen LogP contribution in [0.15, 0.2) is 82.4 Å². The average molecular weight is 474 g/mol. The number of sulfonamides is 1. The predicted octanol–water partition coefficient (Wildman–Crippen LogP) is 4.79. The Balaban J connectivity index is 1.47. The Morgan fingerprint density at radius 3 is 2.71 bits per heavy atom. The summed E-state index contributed by atoms with van der Waals surface area (Å²) in [4.78, 5) is 17.3. The van der Waals surface area contributed by atoms with Crippen LogP contribution in [0.25, 0.3) is 10.6 Å². The second-order valence-electron chi connectivity index (χ2n) is 6.40. The number of carbonyl (C=O) groups is 1. The average Bonchev–Trinajstić information content (AvgIpc) is 3.45. The fourth-order valence-corrected chi connectivity index (χ4v) is 4.91. The topological polar surface area (TPSA) is 101 Å². The second kappa shape index (κ2) is 9.03. The first-order valence-electron chi connectivity index (χ1n) is 9.06. The third-order valence-electron chi connectivity index (χ3n) is 4.25. The van der Waals surface area contributed by atoms with Gasteiger partial charge in [-0.05, 0) is 36.4 Å². The van der Waals surface area contributed by atoms with Crippen molar-refractivity contribution >= 4 is 44.6 Å². The van der Waals surface area contributed by atoms with Gasteiger partial charge in [0.2, 0.25) is 10.0 Å². The largest absolute Gasteiger partial charge is 0.468 e. The van der Waals surface area contributed by atoms with E-state index in [9.17, 15) is 13.2 Å². The van der Waals surface area contributed by atoms with Crippen LogP contribution in [-0.2, 0) is 16.6 Å². The molecular weight excluding hydrogens is 458 g/mol. The van der Waals surface area contributed by atoms with E-state index in [0.29, 0.717) is 26.4 Å². The number of thiazole rings is 1. The molecule has 2 heterocycles. The van der Waals surface area contributed by atoms with Gasteiger partial charge in [-0.25, -0.2) is 18.1 Å². The molecule has 0 aliphatic heterocycles. The molecule has 0 atom stereocenters. The van der Waals surface area contributed by atoms with Crippen LogP contribution < -0.4 is 10.0 Å². The molecule has 10 heteroatoms. The van der Waals surface area contributed by atoms with Crippen molar-refractivity contribution in [1.29, 1.82) is 0 Å². The van der Waals surface area contributed by atoms with Crippen LogP contribution in [0.2, 0.25) is 5.02 Å². The monoisotopic (exact) mass is 473 g/mol. The molecule has 4 rings (SSSR count). The minimum atomic E-state index is -3.78. The Morgan fingerprint density at radius 2 is 1.94 bits per heavy atom. The summed E-state index contributed by atoms with van der Waals surface area (Å²) < 4.78 is 32.7. The molecule has 1 amide bonds. The van der Waals surface area contributed by atoms with Crippen molar-refractivity contribution in [2.24, 2.45) is 0 Å². The Hall–Kier alpha value is -2.98. The summed E-state index contributed by atoms with van der Waals surface area (Å²) >= 11 is 7.39. The van der Waals surface area contributed by atoms with Crippen LogP contribution in [-0.4, -0.2) is 19.3 Å². The first-order chi connectivity index (χ1) is 14.9. The highest BCUT2D eigenvalue weighted by molar-refractivity contribution is 7.89. The summed E-state index contributed by atoms with van der Waals surface area (Å²) in [5.41, 5.74) is 1.09.